The summed E-state index contributed by atoms with van der Waals surface area (Å²) >= 11 is 0. The van der Waals surface area contributed by atoms with Gasteiger partial charge in [0.1, 0.15) is 0 Å². The van der Waals surface area contributed by atoms with E-state index in [0.717, 1.165) is 19.6 Å². The summed E-state index contributed by atoms with van der Waals surface area (Å²) in [6, 6.07) is 0. The smallest absolute Gasteiger partial charge is 0.0767 e. The highest BCUT2D eigenvalue weighted by Crippen LogP contribution is 1.91. The molecule has 0 aromatic carbocycles. The Labute approximate surface area is 101 Å². The van der Waals surface area contributed by atoms with Crippen molar-refractivity contribution < 1.29 is 22.1 Å². The molecule has 0 radical (unpaired) electrons. The van der Waals surface area contributed by atoms with Gasteiger partial charge in [-0.2, -0.15) is 0 Å². The first-order valence-corrected chi connectivity index (χ1v) is 5.91. The van der Waals surface area contributed by atoms with E-state index < -0.39 is 0 Å². The molecule has 2 N–H and O–H groups in total. The fourth-order valence-electron chi connectivity index (χ4n) is 1.24. The lowest BCUT2D eigenvalue weighted by Gasteiger charge is -2.07. The molecular formula is C11H27ClN2O. The Morgan fingerprint density at radius 1 is 1.07 bits per heavy atom. The second kappa shape index (κ2) is 14.2. The molecule has 0 rings (SSSR count). The summed E-state index contributed by atoms with van der Waals surface area (Å²) in [5, 5.41) is 0. The molecule has 15 heavy (non-hydrogen) atoms. The van der Waals surface area contributed by atoms with Gasteiger partial charge in [-0.15, -0.1) is 0 Å². The van der Waals surface area contributed by atoms with Gasteiger partial charge in [-0.05, 0) is 19.3 Å². The topological polar surface area (TPSA) is 25.7 Å². The number of unbranched alkanes of at least 4 members (excludes halogenated alkanes) is 3. The van der Waals surface area contributed by atoms with Crippen LogP contribution < -0.4 is 22.8 Å². The van der Waals surface area contributed by atoms with Crippen molar-refractivity contribution in [1.29, 1.82) is 0 Å². The largest absolute Gasteiger partial charge is 1.00 e. The van der Waals surface area contributed by atoms with Crippen LogP contribution in [0.5, 0.6) is 0 Å². The molecule has 0 fully saturated rings. The standard InChI is InChI=1S/C11H26N2O.ClH/c1-4-5-6-9-12-14-11-8-7-10-13(2)3;/h12H,4-11H2,1-3H3;1H. The van der Waals surface area contributed by atoms with Crippen molar-refractivity contribution in [3.8, 4) is 0 Å². The van der Waals surface area contributed by atoms with Gasteiger partial charge in [0.2, 0.25) is 0 Å². The third kappa shape index (κ3) is 16.8. The van der Waals surface area contributed by atoms with E-state index in [-0.39, 0.29) is 12.4 Å². The number of halogens is 1. The van der Waals surface area contributed by atoms with Gasteiger partial charge in [-0.3, -0.25) is 0 Å². The zero-order chi connectivity index (χ0) is 10.6. The Morgan fingerprint density at radius 2 is 1.80 bits per heavy atom. The highest BCUT2D eigenvalue weighted by Gasteiger charge is 1.93. The Balaban J connectivity index is 0. The average Bonchev–Trinajstić information content (AvgIpc) is 2.15. The van der Waals surface area contributed by atoms with Crippen LogP contribution >= 0.6 is 0 Å². The molecule has 0 aliphatic rings. The van der Waals surface area contributed by atoms with Gasteiger partial charge in [0.25, 0.3) is 0 Å². The summed E-state index contributed by atoms with van der Waals surface area (Å²) in [4.78, 5) is 6.82. The van der Waals surface area contributed by atoms with Crippen LogP contribution in [0.15, 0.2) is 0 Å². The maximum absolute atomic E-state index is 5.30. The molecule has 0 unspecified atom stereocenters. The van der Waals surface area contributed by atoms with Crippen LogP contribution in [0.3, 0.4) is 0 Å². The summed E-state index contributed by atoms with van der Waals surface area (Å²) in [5.74, 6) is 0. The molecule has 0 aromatic heterocycles. The predicted molar refractivity (Wildman–Crippen MR) is 60.4 cm³/mol. The third-order valence-corrected chi connectivity index (χ3v) is 2.16. The lowest BCUT2D eigenvalue weighted by molar-refractivity contribution is -0.858. The van der Waals surface area contributed by atoms with E-state index in [2.05, 4.69) is 26.5 Å². The van der Waals surface area contributed by atoms with Gasteiger partial charge < -0.3 is 22.1 Å². The number of nitrogens with one attached hydrogen (secondary N) is 2. The molecule has 0 aliphatic carbocycles. The van der Waals surface area contributed by atoms with E-state index in [1.807, 2.05) is 0 Å². The van der Waals surface area contributed by atoms with E-state index in [9.17, 15) is 0 Å². The summed E-state index contributed by atoms with van der Waals surface area (Å²) in [5.41, 5.74) is 3.00. The first-order chi connectivity index (χ1) is 6.77. The second-order valence-electron chi connectivity index (χ2n) is 4.11. The van der Waals surface area contributed by atoms with E-state index >= 15 is 0 Å². The Morgan fingerprint density at radius 3 is 2.40 bits per heavy atom. The van der Waals surface area contributed by atoms with Crippen molar-refractivity contribution in [1.82, 2.24) is 5.48 Å². The van der Waals surface area contributed by atoms with E-state index in [1.165, 1.54) is 37.1 Å². The molecule has 0 bridgehead atoms. The number of hydroxylamine groups is 1. The minimum absolute atomic E-state index is 0. The van der Waals surface area contributed by atoms with Crippen molar-refractivity contribution in [3.63, 3.8) is 0 Å². The maximum atomic E-state index is 5.30. The van der Waals surface area contributed by atoms with Crippen molar-refractivity contribution in [2.75, 3.05) is 33.8 Å². The van der Waals surface area contributed by atoms with E-state index in [4.69, 9.17) is 4.84 Å². The Kier molecular flexibility index (Phi) is 16.6. The van der Waals surface area contributed by atoms with Crippen LogP contribution in [0.25, 0.3) is 0 Å². The fraction of sp³-hybridized carbons (Fsp3) is 1.00. The van der Waals surface area contributed by atoms with Gasteiger partial charge in [-0.1, -0.05) is 19.8 Å². The molecule has 0 aliphatic heterocycles. The van der Waals surface area contributed by atoms with Crippen molar-refractivity contribution in [2.24, 2.45) is 0 Å². The third-order valence-electron chi connectivity index (χ3n) is 2.16. The normalized spacial score (nSPS) is 10.4. The van der Waals surface area contributed by atoms with Crippen LogP contribution in [-0.2, 0) is 4.84 Å². The first kappa shape index (κ1) is 17.6. The maximum Gasteiger partial charge on any atom is 0.0767 e. The quantitative estimate of drug-likeness (QED) is 0.329. The first-order valence-electron chi connectivity index (χ1n) is 5.91. The van der Waals surface area contributed by atoms with Gasteiger partial charge in [-0.25, -0.2) is 5.48 Å². The van der Waals surface area contributed by atoms with Gasteiger partial charge in [0, 0.05) is 6.54 Å². The molecule has 0 atom stereocenters. The zero-order valence-electron chi connectivity index (χ0n) is 10.4. The lowest BCUT2D eigenvalue weighted by atomic mass is 10.3. The van der Waals surface area contributed by atoms with Crippen molar-refractivity contribution in [3.05, 3.63) is 0 Å². The summed E-state index contributed by atoms with van der Waals surface area (Å²) in [6.07, 6.45) is 6.19. The van der Waals surface area contributed by atoms with E-state index in [0.29, 0.717) is 0 Å². The van der Waals surface area contributed by atoms with Crippen molar-refractivity contribution in [2.45, 2.75) is 39.0 Å². The average molecular weight is 239 g/mol. The molecular weight excluding hydrogens is 212 g/mol. The van der Waals surface area contributed by atoms with Crippen LogP contribution in [0.1, 0.15) is 39.0 Å². The molecule has 0 spiro atoms. The van der Waals surface area contributed by atoms with Crippen LogP contribution in [0.4, 0.5) is 0 Å². The molecule has 3 nitrogen and oxygen atoms in total. The van der Waals surface area contributed by atoms with Crippen LogP contribution in [-0.4, -0.2) is 33.8 Å². The number of hydrogen-bond donors (Lipinski definition) is 2. The lowest BCUT2D eigenvalue weighted by Crippen LogP contribution is -3.05. The summed E-state index contributed by atoms with van der Waals surface area (Å²) in [7, 11) is 4.37. The highest BCUT2D eigenvalue weighted by atomic mass is 35.5. The van der Waals surface area contributed by atoms with Crippen LogP contribution in [0, 0.1) is 0 Å². The van der Waals surface area contributed by atoms with Crippen molar-refractivity contribution >= 4 is 0 Å². The van der Waals surface area contributed by atoms with Gasteiger partial charge in [0.15, 0.2) is 0 Å². The molecule has 4 heteroatoms. The Hall–Kier alpha value is 0.170. The Bertz CT molecular complexity index is 113. The molecule has 0 heterocycles. The van der Waals surface area contributed by atoms with Crippen LogP contribution in [0.2, 0.25) is 0 Å². The number of hydrogen-bond acceptors (Lipinski definition) is 2. The number of rotatable bonds is 10. The van der Waals surface area contributed by atoms with E-state index in [1.54, 1.807) is 0 Å². The molecule has 0 amide bonds. The number of quaternary nitrogens is 1. The SMILES string of the molecule is CCCCCNOCCCC[NH+](C)C.[Cl-]. The summed E-state index contributed by atoms with van der Waals surface area (Å²) < 4.78 is 0. The molecule has 94 valence electrons. The minimum Gasteiger partial charge on any atom is -1.00 e. The molecule has 0 aromatic rings. The fourth-order valence-corrected chi connectivity index (χ4v) is 1.24. The predicted octanol–water partition coefficient (Wildman–Crippen LogP) is -2.37. The zero-order valence-corrected chi connectivity index (χ0v) is 11.2. The van der Waals surface area contributed by atoms with Gasteiger partial charge >= 0.3 is 0 Å². The van der Waals surface area contributed by atoms with Gasteiger partial charge in [0.05, 0.1) is 27.2 Å². The molecule has 0 saturated heterocycles. The highest BCUT2D eigenvalue weighted by molar-refractivity contribution is 4.39. The molecule has 0 saturated carbocycles. The monoisotopic (exact) mass is 238 g/mol. The summed E-state index contributed by atoms with van der Waals surface area (Å²) in [6.45, 7) is 5.29. The minimum atomic E-state index is 0. The second-order valence-corrected chi connectivity index (χ2v) is 4.11.